The lowest BCUT2D eigenvalue weighted by atomic mass is 9.87. The minimum atomic E-state index is 0.498. The van der Waals surface area contributed by atoms with Gasteiger partial charge in [-0.25, -0.2) is 0 Å². The van der Waals surface area contributed by atoms with Gasteiger partial charge in [0.05, 0.1) is 22.3 Å². The van der Waals surface area contributed by atoms with Crippen molar-refractivity contribution in [3.05, 3.63) is 28.8 Å². The van der Waals surface area contributed by atoms with Crippen LogP contribution in [0.15, 0.2) is 18.2 Å². The number of nitrogens with one attached hydrogen (secondary N) is 1. The lowest BCUT2D eigenvalue weighted by molar-refractivity contribution is 0.361. The van der Waals surface area contributed by atoms with E-state index in [2.05, 4.69) is 18.3 Å². The van der Waals surface area contributed by atoms with E-state index >= 15 is 0 Å². The van der Waals surface area contributed by atoms with Gasteiger partial charge >= 0.3 is 0 Å². The smallest absolute Gasteiger partial charge is 0.0992 e. The molecule has 1 aromatic carbocycles. The molecule has 0 amide bonds. The Hall–Kier alpha value is -1.20. The average molecular weight is 249 g/mol. The zero-order chi connectivity index (χ0) is 12.3. The zero-order valence-electron chi connectivity index (χ0n) is 10.0. The molecule has 1 N–H and O–H groups in total. The maximum absolute atomic E-state index is 8.87. The number of hydrogen-bond acceptors (Lipinski definition) is 2. The number of nitriles is 1. The van der Waals surface area contributed by atoms with Crippen LogP contribution < -0.4 is 5.32 Å². The molecule has 0 unspecified atom stereocenters. The summed E-state index contributed by atoms with van der Waals surface area (Å²) in [5, 5.41) is 13.0. The predicted molar refractivity (Wildman–Crippen MR) is 71.2 cm³/mol. The van der Waals surface area contributed by atoms with Gasteiger partial charge < -0.3 is 5.32 Å². The van der Waals surface area contributed by atoms with E-state index in [9.17, 15) is 0 Å². The Morgan fingerprint density at radius 2 is 2.00 bits per heavy atom. The predicted octanol–water partition coefficient (Wildman–Crippen LogP) is 4.20. The highest BCUT2D eigenvalue weighted by atomic mass is 35.5. The second-order valence-electron chi connectivity index (χ2n) is 4.91. The van der Waals surface area contributed by atoms with Crippen LogP contribution in [-0.4, -0.2) is 6.04 Å². The maximum atomic E-state index is 8.87. The van der Waals surface area contributed by atoms with E-state index < -0.39 is 0 Å². The second kappa shape index (κ2) is 5.42. The van der Waals surface area contributed by atoms with Gasteiger partial charge in [-0.2, -0.15) is 5.26 Å². The van der Waals surface area contributed by atoms with Crippen molar-refractivity contribution in [2.45, 2.75) is 38.6 Å². The summed E-state index contributed by atoms with van der Waals surface area (Å²) in [5.41, 5.74) is 1.55. The quantitative estimate of drug-likeness (QED) is 0.851. The van der Waals surface area contributed by atoms with Gasteiger partial charge in [0.25, 0.3) is 0 Å². The minimum Gasteiger partial charge on any atom is -0.381 e. The highest BCUT2D eigenvalue weighted by Crippen LogP contribution is 2.29. The summed E-state index contributed by atoms with van der Waals surface area (Å²) in [4.78, 5) is 0. The molecule has 2 nitrogen and oxygen atoms in total. The Bertz CT molecular complexity index is 428. The first-order valence-corrected chi connectivity index (χ1v) is 6.53. The number of rotatable bonds is 2. The van der Waals surface area contributed by atoms with Crippen LogP contribution in [0.2, 0.25) is 5.02 Å². The van der Waals surface area contributed by atoms with Crippen LogP contribution in [0.3, 0.4) is 0 Å². The summed E-state index contributed by atoms with van der Waals surface area (Å²) in [6.07, 6.45) is 4.92. The van der Waals surface area contributed by atoms with Gasteiger partial charge in [-0.3, -0.25) is 0 Å². The molecule has 1 saturated carbocycles. The molecule has 2 rings (SSSR count). The fourth-order valence-corrected chi connectivity index (χ4v) is 2.50. The van der Waals surface area contributed by atoms with E-state index in [1.54, 1.807) is 12.1 Å². The van der Waals surface area contributed by atoms with Crippen molar-refractivity contribution in [3.8, 4) is 6.07 Å². The standard InChI is InChI=1S/C14H17ClN2/c1-10-2-5-12(6-3-10)17-14-8-11(9-16)4-7-13(14)15/h4,7-8,10,12,17H,2-3,5-6H2,1H3. The number of hydrogen-bond donors (Lipinski definition) is 1. The Morgan fingerprint density at radius 3 is 2.65 bits per heavy atom. The van der Waals surface area contributed by atoms with Gasteiger partial charge in [-0.05, 0) is 49.8 Å². The first-order valence-electron chi connectivity index (χ1n) is 6.15. The lowest BCUT2D eigenvalue weighted by Gasteiger charge is -2.28. The number of nitrogens with zero attached hydrogens (tertiary/aromatic N) is 1. The van der Waals surface area contributed by atoms with Crippen molar-refractivity contribution in [2.75, 3.05) is 5.32 Å². The first-order chi connectivity index (χ1) is 8.19. The molecular formula is C14H17ClN2. The molecular weight excluding hydrogens is 232 g/mol. The number of halogens is 1. The van der Waals surface area contributed by atoms with Crippen LogP contribution in [0, 0.1) is 17.2 Å². The molecule has 1 aliphatic carbocycles. The van der Waals surface area contributed by atoms with Crippen molar-refractivity contribution in [2.24, 2.45) is 5.92 Å². The fraction of sp³-hybridized carbons (Fsp3) is 0.500. The lowest BCUT2D eigenvalue weighted by Crippen LogP contribution is -2.25. The molecule has 0 saturated heterocycles. The Morgan fingerprint density at radius 1 is 1.29 bits per heavy atom. The Balaban J connectivity index is 2.05. The highest BCUT2D eigenvalue weighted by molar-refractivity contribution is 6.33. The molecule has 3 heteroatoms. The topological polar surface area (TPSA) is 35.8 Å². The Kier molecular flexibility index (Phi) is 3.91. The molecule has 1 aliphatic rings. The fourth-order valence-electron chi connectivity index (χ4n) is 2.33. The average Bonchev–Trinajstić information content (AvgIpc) is 2.35. The van der Waals surface area contributed by atoms with Crippen LogP contribution >= 0.6 is 11.6 Å². The van der Waals surface area contributed by atoms with Crippen molar-refractivity contribution < 1.29 is 0 Å². The van der Waals surface area contributed by atoms with E-state index in [0.717, 1.165) is 11.6 Å². The summed E-state index contributed by atoms with van der Waals surface area (Å²) < 4.78 is 0. The summed E-state index contributed by atoms with van der Waals surface area (Å²) in [7, 11) is 0. The van der Waals surface area contributed by atoms with Gasteiger partial charge in [0.15, 0.2) is 0 Å². The van der Waals surface area contributed by atoms with Crippen LogP contribution in [-0.2, 0) is 0 Å². The van der Waals surface area contributed by atoms with Crippen molar-refractivity contribution in [1.29, 1.82) is 5.26 Å². The first kappa shape index (κ1) is 12.3. The van der Waals surface area contributed by atoms with Gasteiger partial charge in [-0.1, -0.05) is 18.5 Å². The third-order valence-electron chi connectivity index (χ3n) is 3.47. The molecule has 1 aromatic rings. The van der Waals surface area contributed by atoms with Gasteiger partial charge in [-0.15, -0.1) is 0 Å². The molecule has 0 heterocycles. The van der Waals surface area contributed by atoms with Gasteiger partial charge in [0.2, 0.25) is 0 Å². The highest BCUT2D eigenvalue weighted by Gasteiger charge is 2.18. The van der Waals surface area contributed by atoms with Crippen molar-refractivity contribution >= 4 is 17.3 Å². The van der Waals surface area contributed by atoms with Crippen LogP contribution in [0.4, 0.5) is 5.69 Å². The molecule has 1 fully saturated rings. The molecule has 0 spiro atoms. The van der Waals surface area contributed by atoms with Gasteiger partial charge in [0, 0.05) is 6.04 Å². The van der Waals surface area contributed by atoms with Crippen LogP contribution in [0.25, 0.3) is 0 Å². The maximum Gasteiger partial charge on any atom is 0.0992 e. The van der Waals surface area contributed by atoms with Gasteiger partial charge in [0.1, 0.15) is 0 Å². The number of anilines is 1. The summed E-state index contributed by atoms with van der Waals surface area (Å²) in [5.74, 6) is 0.842. The molecule has 0 atom stereocenters. The largest absolute Gasteiger partial charge is 0.381 e. The molecule has 0 radical (unpaired) electrons. The summed E-state index contributed by atoms with van der Waals surface area (Å²) >= 11 is 6.13. The van der Waals surface area contributed by atoms with Crippen molar-refractivity contribution in [3.63, 3.8) is 0 Å². The molecule has 0 bridgehead atoms. The second-order valence-corrected chi connectivity index (χ2v) is 5.31. The van der Waals surface area contributed by atoms with E-state index in [-0.39, 0.29) is 0 Å². The monoisotopic (exact) mass is 248 g/mol. The molecule has 17 heavy (non-hydrogen) atoms. The van der Waals surface area contributed by atoms with E-state index in [0.29, 0.717) is 16.6 Å². The van der Waals surface area contributed by atoms with Crippen LogP contribution in [0.1, 0.15) is 38.2 Å². The molecule has 0 aliphatic heterocycles. The Labute approximate surface area is 108 Å². The number of benzene rings is 1. The molecule has 90 valence electrons. The minimum absolute atomic E-state index is 0.498. The summed E-state index contributed by atoms with van der Waals surface area (Å²) in [6.45, 7) is 2.31. The van der Waals surface area contributed by atoms with E-state index in [1.807, 2.05) is 6.07 Å². The van der Waals surface area contributed by atoms with Crippen LogP contribution in [0.5, 0.6) is 0 Å². The normalized spacial score (nSPS) is 24.1. The molecule has 0 aromatic heterocycles. The third kappa shape index (κ3) is 3.14. The zero-order valence-corrected chi connectivity index (χ0v) is 10.8. The van der Waals surface area contributed by atoms with Crippen molar-refractivity contribution in [1.82, 2.24) is 0 Å². The van der Waals surface area contributed by atoms with E-state index in [1.165, 1.54) is 25.7 Å². The summed E-state index contributed by atoms with van der Waals surface area (Å²) in [6, 6.07) is 8.00. The SMILES string of the molecule is CC1CCC(Nc2cc(C#N)ccc2Cl)CC1. The third-order valence-corrected chi connectivity index (χ3v) is 3.80. The van der Waals surface area contributed by atoms with E-state index in [4.69, 9.17) is 16.9 Å².